The van der Waals surface area contributed by atoms with Crippen LogP contribution in [0.1, 0.15) is 37.6 Å². The number of hydrogen-bond acceptors (Lipinski definition) is 7. The number of allylic oxidation sites excluding steroid dienone is 3. The third kappa shape index (κ3) is 2.65. The maximum absolute atomic E-state index is 12.4. The molecule has 3 aromatic heterocycles. The molecular formula is C20H20N6O2. The highest BCUT2D eigenvalue weighted by molar-refractivity contribution is 6.11. The first-order valence-corrected chi connectivity index (χ1v) is 8.95. The number of carbonyl (C=O) groups is 1. The number of ketones is 1. The number of hydrogen-bond donors (Lipinski definition) is 2. The van der Waals surface area contributed by atoms with Gasteiger partial charge in [-0.1, -0.05) is 6.92 Å². The zero-order valence-corrected chi connectivity index (χ0v) is 15.8. The minimum Gasteiger partial charge on any atom is -0.508 e. The normalized spacial score (nSPS) is 17.1. The molecule has 28 heavy (non-hydrogen) atoms. The van der Waals surface area contributed by atoms with Gasteiger partial charge in [0.2, 0.25) is 0 Å². The van der Waals surface area contributed by atoms with Gasteiger partial charge in [-0.2, -0.15) is 0 Å². The number of anilines is 1. The molecule has 0 aliphatic heterocycles. The van der Waals surface area contributed by atoms with Crippen molar-refractivity contribution in [2.24, 2.45) is 5.92 Å². The molecule has 8 nitrogen and oxygen atoms in total. The van der Waals surface area contributed by atoms with Gasteiger partial charge in [0.05, 0.1) is 18.0 Å². The summed E-state index contributed by atoms with van der Waals surface area (Å²) in [5, 5.41) is 10.2. The molecule has 1 aliphatic carbocycles. The van der Waals surface area contributed by atoms with Crippen molar-refractivity contribution in [3.8, 4) is 11.4 Å². The quantitative estimate of drug-likeness (QED) is 0.672. The van der Waals surface area contributed by atoms with E-state index in [9.17, 15) is 9.90 Å². The summed E-state index contributed by atoms with van der Waals surface area (Å²) in [6.45, 7) is 5.33. The van der Waals surface area contributed by atoms with E-state index < -0.39 is 0 Å². The Hall–Kier alpha value is -3.55. The van der Waals surface area contributed by atoms with E-state index in [1.54, 1.807) is 35.4 Å². The zero-order chi connectivity index (χ0) is 20.0. The molecule has 0 radical (unpaired) electrons. The lowest BCUT2D eigenvalue weighted by Crippen LogP contribution is -2.15. The molecule has 1 unspecified atom stereocenters. The predicted octanol–water partition coefficient (Wildman–Crippen LogP) is 3.39. The fourth-order valence-electron chi connectivity index (χ4n) is 3.65. The van der Waals surface area contributed by atoms with Crippen molar-refractivity contribution in [1.29, 1.82) is 0 Å². The van der Waals surface area contributed by atoms with Gasteiger partial charge in [0.25, 0.3) is 0 Å². The lowest BCUT2D eigenvalue weighted by molar-refractivity contribution is 0.102. The van der Waals surface area contributed by atoms with Crippen molar-refractivity contribution >= 4 is 28.5 Å². The summed E-state index contributed by atoms with van der Waals surface area (Å²) < 4.78 is 1.74. The lowest BCUT2D eigenvalue weighted by atomic mass is 9.93. The van der Waals surface area contributed by atoms with Crippen LogP contribution in [0.25, 0.3) is 28.2 Å². The summed E-state index contributed by atoms with van der Waals surface area (Å²) in [6.07, 6.45) is 8.77. The molecule has 0 fully saturated rings. The summed E-state index contributed by atoms with van der Waals surface area (Å²) in [5.74, 6) is 0.376. The van der Waals surface area contributed by atoms with E-state index in [0.29, 0.717) is 40.1 Å². The Labute approximate surface area is 161 Å². The zero-order valence-electron chi connectivity index (χ0n) is 15.8. The van der Waals surface area contributed by atoms with Gasteiger partial charge in [0.15, 0.2) is 11.4 Å². The second-order valence-electron chi connectivity index (χ2n) is 6.91. The van der Waals surface area contributed by atoms with Crippen molar-refractivity contribution in [1.82, 2.24) is 24.5 Å². The summed E-state index contributed by atoms with van der Waals surface area (Å²) in [4.78, 5) is 29.9. The molecule has 0 spiro atoms. The fourth-order valence-corrected chi connectivity index (χ4v) is 3.65. The van der Waals surface area contributed by atoms with E-state index in [2.05, 4.69) is 19.9 Å². The molecule has 3 N–H and O–H groups in total. The molecule has 0 saturated heterocycles. The van der Waals surface area contributed by atoms with Crippen molar-refractivity contribution in [2.45, 2.75) is 27.2 Å². The third-order valence-electron chi connectivity index (χ3n) is 5.02. The number of nitrogen functional groups attached to an aromatic ring is 1. The summed E-state index contributed by atoms with van der Waals surface area (Å²) in [7, 11) is 0. The second-order valence-corrected chi connectivity index (χ2v) is 6.91. The van der Waals surface area contributed by atoms with Crippen molar-refractivity contribution < 1.29 is 9.90 Å². The van der Waals surface area contributed by atoms with Crippen molar-refractivity contribution in [3.63, 3.8) is 0 Å². The Morgan fingerprint density at radius 1 is 1.25 bits per heavy atom. The van der Waals surface area contributed by atoms with Crippen molar-refractivity contribution in [3.05, 3.63) is 47.8 Å². The lowest BCUT2D eigenvalue weighted by Gasteiger charge is -2.24. The van der Waals surface area contributed by atoms with Gasteiger partial charge in [0, 0.05) is 29.6 Å². The van der Waals surface area contributed by atoms with Crippen LogP contribution in [0.15, 0.2) is 42.2 Å². The topological polar surface area (TPSA) is 120 Å². The molecule has 4 rings (SSSR count). The number of fused-ring (bicyclic) bond motifs is 1. The Morgan fingerprint density at radius 3 is 2.71 bits per heavy atom. The van der Waals surface area contributed by atoms with Gasteiger partial charge in [-0.15, -0.1) is 0 Å². The highest BCUT2D eigenvalue weighted by atomic mass is 16.3. The van der Waals surface area contributed by atoms with Crippen molar-refractivity contribution in [2.75, 3.05) is 5.73 Å². The van der Waals surface area contributed by atoms with E-state index in [0.717, 1.165) is 5.70 Å². The number of aliphatic hydroxyl groups is 1. The third-order valence-corrected chi connectivity index (χ3v) is 5.02. The first-order valence-electron chi connectivity index (χ1n) is 8.95. The first kappa shape index (κ1) is 17.8. The Bertz CT molecular complexity index is 1160. The highest BCUT2D eigenvalue weighted by Crippen LogP contribution is 2.38. The monoisotopic (exact) mass is 376 g/mol. The van der Waals surface area contributed by atoms with Crippen LogP contribution < -0.4 is 5.73 Å². The molecule has 8 heteroatoms. The van der Waals surface area contributed by atoms with Crippen LogP contribution in [0.4, 0.5) is 5.82 Å². The van der Waals surface area contributed by atoms with Crippen LogP contribution in [0.5, 0.6) is 0 Å². The molecule has 0 bridgehead atoms. The highest BCUT2D eigenvalue weighted by Gasteiger charge is 2.28. The van der Waals surface area contributed by atoms with E-state index in [1.807, 2.05) is 13.8 Å². The van der Waals surface area contributed by atoms with E-state index >= 15 is 0 Å². The van der Waals surface area contributed by atoms with E-state index in [4.69, 9.17) is 5.73 Å². The molecule has 1 aliphatic rings. The average molecular weight is 376 g/mol. The standard InChI is InChI=1S/C20H20N6O2/c1-10-4-5-15(28)11(2)18(10)26-19(21)16(12(3)27)17-20(26)24-9-14(25-17)13-8-22-6-7-23-13/h5-10,28H,4,21H2,1-3H3. The smallest absolute Gasteiger partial charge is 0.165 e. The SMILES string of the molecule is CC(=O)c1c(N)n(C2=C(C)C(O)=CCC2C)c2ncc(-c3cnccn3)nc12. The molecule has 142 valence electrons. The van der Waals surface area contributed by atoms with E-state index in [-0.39, 0.29) is 23.3 Å². The predicted molar refractivity (Wildman–Crippen MR) is 106 cm³/mol. The van der Waals surface area contributed by atoms with Gasteiger partial charge in [-0.05, 0) is 26.3 Å². The Morgan fingerprint density at radius 2 is 2.04 bits per heavy atom. The maximum atomic E-state index is 12.4. The molecule has 0 aromatic carbocycles. The van der Waals surface area contributed by atoms with Crippen LogP contribution in [0.3, 0.4) is 0 Å². The number of aliphatic hydroxyl groups excluding tert-OH is 1. The minimum atomic E-state index is -0.201. The average Bonchev–Trinajstić information content (AvgIpc) is 2.97. The molecule has 0 saturated carbocycles. The number of nitrogens with two attached hydrogens (primary N) is 1. The van der Waals surface area contributed by atoms with Crippen LogP contribution in [0, 0.1) is 5.92 Å². The second kappa shape index (κ2) is 6.56. The van der Waals surface area contributed by atoms with Gasteiger partial charge in [-0.25, -0.2) is 9.97 Å². The molecule has 1 atom stereocenters. The number of Topliss-reactive ketones (excluding diaryl/α,β-unsaturated/α-hetero) is 1. The summed E-state index contributed by atoms with van der Waals surface area (Å²) >= 11 is 0. The number of rotatable bonds is 3. The van der Waals surface area contributed by atoms with Gasteiger partial charge >= 0.3 is 0 Å². The van der Waals surface area contributed by atoms with Crippen LogP contribution in [-0.4, -0.2) is 35.4 Å². The maximum Gasteiger partial charge on any atom is 0.165 e. The van der Waals surface area contributed by atoms with Crippen LogP contribution in [-0.2, 0) is 0 Å². The number of aromatic nitrogens is 5. The van der Waals surface area contributed by atoms with Crippen LogP contribution in [0.2, 0.25) is 0 Å². The summed E-state index contributed by atoms with van der Waals surface area (Å²) in [6, 6.07) is 0. The molecule has 3 heterocycles. The van der Waals surface area contributed by atoms with E-state index in [1.165, 1.54) is 6.92 Å². The largest absolute Gasteiger partial charge is 0.508 e. The minimum absolute atomic E-state index is 0.0927. The Kier molecular flexibility index (Phi) is 4.18. The van der Waals surface area contributed by atoms with Gasteiger partial charge in [-0.3, -0.25) is 19.3 Å². The fraction of sp³-hybridized carbons (Fsp3) is 0.250. The number of carbonyl (C=O) groups excluding carboxylic acids is 1. The summed E-state index contributed by atoms with van der Waals surface area (Å²) in [5.41, 5.74) is 10.2. The molecule has 0 amide bonds. The number of nitrogens with zero attached hydrogens (tertiary/aromatic N) is 5. The molecule has 3 aromatic rings. The van der Waals surface area contributed by atoms with Gasteiger partial charge in [0.1, 0.15) is 28.5 Å². The van der Waals surface area contributed by atoms with Gasteiger partial charge < -0.3 is 10.8 Å². The Balaban J connectivity index is 2.04. The van der Waals surface area contributed by atoms with Crippen LogP contribution >= 0.6 is 0 Å². The molecular weight excluding hydrogens is 356 g/mol. The first-order chi connectivity index (χ1) is 13.4.